The molecule has 1 fully saturated rings. The third-order valence-corrected chi connectivity index (χ3v) is 4.07. The second-order valence-corrected chi connectivity index (χ2v) is 5.42. The molecule has 3 rings (SSSR count). The molecule has 18 heavy (non-hydrogen) atoms. The van der Waals surface area contributed by atoms with E-state index in [4.69, 9.17) is 4.42 Å². The van der Waals surface area contributed by atoms with Gasteiger partial charge < -0.3 is 9.73 Å². The fourth-order valence-electron chi connectivity index (χ4n) is 2.82. The van der Waals surface area contributed by atoms with E-state index in [1.165, 1.54) is 18.2 Å². The van der Waals surface area contributed by atoms with Crippen LogP contribution in [0.1, 0.15) is 38.5 Å². The molecule has 0 radical (unpaired) electrons. The topological polar surface area (TPSA) is 25.2 Å². The van der Waals surface area contributed by atoms with Crippen LogP contribution in [0.25, 0.3) is 11.0 Å². The zero-order valence-electron chi connectivity index (χ0n) is 11.1. The molecule has 0 bridgehead atoms. The molecule has 1 saturated carbocycles. The first-order valence-corrected chi connectivity index (χ1v) is 7.01. The predicted molar refractivity (Wildman–Crippen MR) is 74.5 cm³/mol. The molecule has 0 saturated heterocycles. The number of rotatable bonds is 5. The zero-order chi connectivity index (χ0) is 12.5. The molecule has 1 aromatic heterocycles. The van der Waals surface area contributed by atoms with Crippen LogP contribution in [0.5, 0.6) is 0 Å². The second kappa shape index (κ2) is 4.77. The van der Waals surface area contributed by atoms with Gasteiger partial charge in [-0.05, 0) is 43.4 Å². The highest BCUT2D eigenvalue weighted by Crippen LogP contribution is 2.43. The summed E-state index contributed by atoms with van der Waals surface area (Å²) in [6, 6.07) is 10.8. The van der Waals surface area contributed by atoms with Crippen molar-refractivity contribution in [3.63, 3.8) is 0 Å². The van der Waals surface area contributed by atoms with Crippen LogP contribution in [0.4, 0.5) is 0 Å². The minimum atomic E-state index is 0.356. The van der Waals surface area contributed by atoms with Gasteiger partial charge in [-0.2, -0.15) is 0 Å². The number of nitrogens with one attached hydrogen (secondary N) is 1. The zero-order valence-corrected chi connectivity index (χ0v) is 11.1. The number of hydrogen-bond donors (Lipinski definition) is 1. The molecule has 2 atom stereocenters. The van der Waals surface area contributed by atoms with Crippen LogP contribution in [-0.4, -0.2) is 6.54 Å². The predicted octanol–water partition coefficient (Wildman–Crippen LogP) is 4.13. The molecule has 1 aliphatic rings. The molecule has 1 heterocycles. The first kappa shape index (κ1) is 11.8. The molecule has 1 N–H and O–H groups in total. The van der Waals surface area contributed by atoms with E-state index < -0.39 is 0 Å². The van der Waals surface area contributed by atoms with E-state index in [1.54, 1.807) is 0 Å². The third kappa shape index (κ3) is 2.17. The Balaban J connectivity index is 1.92. The van der Waals surface area contributed by atoms with Gasteiger partial charge in [0, 0.05) is 5.39 Å². The number of benzene rings is 1. The minimum absolute atomic E-state index is 0.356. The van der Waals surface area contributed by atoms with Gasteiger partial charge in [0.05, 0.1) is 6.04 Å². The largest absolute Gasteiger partial charge is 0.459 e. The SMILES string of the molecule is CCNC(c1cc2ccccc2o1)C(C)C1CC1. The van der Waals surface area contributed by atoms with Gasteiger partial charge in [0.25, 0.3) is 0 Å². The summed E-state index contributed by atoms with van der Waals surface area (Å²) >= 11 is 0. The average Bonchev–Trinajstić information content (AvgIpc) is 3.14. The van der Waals surface area contributed by atoms with Crippen molar-refractivity contribution in [1.29, 1.82) is 0 Å². The normalized spacial score (nSPS) is 19.0. The monoisotopic (exact) mass is 243 g/mol. The van der Waals surface area contributed by atoms with E-state index in [2.05, 4.69) is 37.4 Å². The Morgan fingerprint density at radius 3 is 2.78 bits per heavy atom. The van der Waals surface area contributed by atoms with Crippen molar-refractivity contribution < 1.29 is 4.42 Å². The lowest BCUT2D eigenvalue weighted by Crippen LogP contribution is -2.27. The molecule has 0 spiro atoms. The maximum Gasteiger partial charge on any atom is 0.134 e. The third-order valence-electron chi connectivity index (χ3n) is 4.07. The molecule has 1 aromatic carbocycles. The van der Waals surface area contributed by atoms with Crippen molar-refractivity contribution >= 4 is 11.0 Å². The summed E-state index contributed by atoms with van der Waals surface area (Å²) in [7, 11) is 0. The fourth-order valence-corrected chi connectivity index (χ4v) is 2.82. The molecule has 0 amide bonds. The van der Waals surface area contributed by atoms with E-state index in [0.29, 0.717) is 12.0 Å². The van der Waals surface area contributed by atoms with Gasteiger partial charge in [-0.3, -0.25) is 0 Å². The van der Waals surface area contributed by atoms with Crippen LogP contribution >= 0.6 is 0 Å². The molecule has 96 valence electrons. The number of furan rings is 1. The quantitative estimate of drug-likeness (QED) is 0.854. The van der Waals surface area contributed by atoms with Crippen molar-refractivity contribution in [3.05, 3.63) is 36.1 Å². The molecule has 2 nitrogen and oxygen atoms in total. The average molecular weight is 243 g/mol. The Kier molecular flexibility index (Phi) is 3.13. The summed E-state index contributed by atoms with van der Waals surface area (Å²) in [6.07, 6.45) is 2.76. The second-order valence-electron chi connectivity index (χ2n) is 5.42. The lowest BCUT2D eigenvalue weighted by Gasteiger charge is -2.22. The first-order valence-electron chi connectivity index (χ1n) is 7.01. The summed E-state index contributed by atoms with van der Waals surface area (Å²) < 4.78 is 6.02. The smallest absolute Gasteiger partial charge is 0.134 e. The van der Waals surface area contributed by atoms with Crippen molar-refractivity contribution in [3.8, 4) is 0 Å². The number of fused-ring (bicyclic) bond motifs is 1. The molecular weight excluding hydrogens is 222 g/mol. The summed E-state index contributed by atoms with van der Waals surface area (Å²) in [6.45, 7) is 5.49. The van der Waals surface area contributed by atoms with Crippen LogP contribution in [0.2, 0.25) is 0 Å². The number of para-hydroxylation sites is 1. The summed E-state index contributed by atoms with van der Waals surface area (Å²) in [5.74, 6) is 2.63. The highest BCUT2D eigenvalue weighted by molar-refractivity contribution is 5.77. The van der Waals surface area contributed by atoms with Crippen molar-refractivity contribution in [2.24, 2.45) is 11.8 Å². The van der Waals surface area contributed by atoms with Crippen LogP contribution in [0, 0.1) is 11.8 Å². The van der Waals surface area contributed by atoms with Gasteiger partial charge in [-0.1, -0.05) is 32.0 Å². The standard InChI is InChI=1S/C16H21NO/c1-3-17-16(11(2)12-8-9-12)15-10-13-6-4-5-7-14(13)18-15/h4-7,10-12,16-17H,3,8-9H2,1-2H3. The molecule has 0 aliphatic heterocycles. The lowest BCUT2D eigenvalue weighted by atomic mass is 9.94. The van der Waals surface area contributed by atoms with Gasteiger partial charge in [0.2, 0.25) is 0 Å². The van der Waals surface area contributed by atoms with Gasteiger partial charge in [0.1, 0.15) is 11.3 Å². The molecule has 2 unspecified atom stereocenters. The number of hydrogen-bond acceptors (Lipinski definition) is 2. The van der Waals surface area contributed by atoms with E-state index >= 15 is 0 Å². The van der Waals surface area contributed by atoms with E-state index in [0.717, 1.165) is 23.8 Å². The summed E-state index contributed by atoms with van der Waals surface area (Å²) in [4.78, 5) is 0. The van der Waals surface area contributed by atoms with Gasteiger partial charge in [-0.15, -0.1) is 0 Å². The van der Waals surface area contributed by atoms with Crippen LogP contribution in [0.15, 0.2) is 34.7 Å². The fraction of sp³-hybridized carbons (Fsp3) is 0.500. The lowest BCUT2D eigenvalue weighted by molar-refractivity contribution is 0.311. The summed E-state index contributed by atoms with van der Waals surface area (Å²) in [5, 5.41) is 4.79. The summed E-state index contributed by atoms with van der Waals surface area (Å²) in [5.41, 5.74) is 0.999. The van der Waals surface area contributed by atoms with E-state index in [9.17, 15) is 0 Å². The maximum absolute atomic E-state index is 6.02. The Morgan fingerprint density at radius 1 is 1.33 bits per heavy atom. The van der Waals surface area contributed by atoms with Gasteiger partial charge in [0.15, 0.2) is 0 Å². The van der Waals surface area contributed by atoms with E-state index in [1.807, 2.05) is 12.1 Å². The molecule has 2 aromatic rings. The van der Waals surface area contributed by atoms with Crippen molar-refractivity contribution in [1.82, 2.24) is 5.32 Å². The van der Waals surface area contributed by atoms with Crippen LogP contribution < -0.4 is 5.32 Å². The van der Waals surface area contributed by atoms with Gasteiger partial charge in [-0.25, -0.2) is 0 Å². The Bertz CT molecular complexity index is 494. The molecular formula is C16H21NO. The molecule has 1 aliphatic carbocycles. The van der Waals surface area contributed by atoms with Crippen LogP contribution in [-0.2, 0) is 0 Å². The first-order chi connectivity index (χ1) is 8.79. The highest BCUT2D eigenvalue weighted by atomic mass is 16.3. The Labute approximate surface area is 108 Å². The van der Waals surface area contributed by atoms with Crippen molar-refractivity contribution in [2.75, 3.05) is 6.54 Å². The minimum Gasteiger partial charge on any atom is -0.459 e. The van der Waals surface area contributed by atoms with Crippen LogP contribution in [0.3, 0.4) is 0 Å². The Hall–Kier alpha value is -1.28. The Morgan fingerprint density at radius 2 is 2.11 bits per heavy atom. The van der Waals surface area contributed by atoms with Gasteiger partial charge >= 0.3 is 0 Å². The van der Waals surface area contributed by atoms with E-state index in [-0.39, 0.29) is 0 Å². The maximum atomic E-state index is 6.02. The highest BCUT2D eigenvalue weighted by Gasteiger charge is 2.35. The molecule has 2 heteroatoms. The van der Waals surface area contributed by atoms with Crippen molar-refractivity contribution in [2.45, 2.75) is 32.7 Å².